The average Bonchev–Trinajstić information content (AvgIpc) is 2.81. The van der Waals surface area contributed by atoms with Gasteiger partial charge in [-0.1, -0.05) is 30.3 Å². The number of rotatable bonds is 11. The summed E-state index contributed by atoms with van der Waals surface area (Å²) in [7, 11) is 1.50. The number of nitrogens with two attached hydrogens (primary N) is 1. The lowest BCUT2D eigenvalue weighted by atomic mass is 10.0. The average molecular weight is 507 g/mol. The largest absolute Gasteiger partial charge is 0.508 e. The molecule has 1 amide bonds. The summed E-state index contributed by atoms with van der Waals surface area (Å²) in [6.45, 7) is 0.502. The van der Waals surface area contributed by atoms with Crippen LogP contribution in [0.3, 0.4) is 0 Å². The first-order valence-corrected chi connectivity index (χ1v) is 11.4. The first-order chi connectivity index (χ1) is 16.6. The quantitative estimate of drug-likeness (QED) is 0.324. The molecule has 10 heteroatoms. The van der Waals surface area contributed by atoms with Crippen LogP contribution < -0.4 is 20.5 Å². The van der Waals surface area contributed by atoms with Crippen LogP contribution in [0.25, 0.3) is 0 Å². The number of phenolic OH excluding ortho intramolecular Hbond substituents is 1. The number of primary amides is 1. The van der Waals surface area contributed by atoms with Gasteiger partial charge in [-0.2, -0.15) is 13.2 Å². The zero-order valence-corrected chi connectivity index (χ0v) is 19.7. The van der Waals surface area contributed by atoms with E-state index in [1.807, 2.05) is 6.07 Å². The van der Waals surface area contributed by atoms with E-state index in [2.05, 4.69) is 5.32 Å². The maximum Gasteiger partial charge on any atom is 0.446 e. The van der Waals surface area contributed by atoms with E-state index in [9.17, 15) is 23.1 Å². The number of alkyl halides is 3. The van der Waals surface area contributed by atoms with Crippen molar-refractivity contribution in [2.24, 2.45) is 5.73 Å². The lowest BCUT2D eigenvalue weighted by Crippen LogP contribution is -2.42. The summed E-state index contributed by atoms with van der Waals surface area (Å²) in [5.74, 6) is 0.595. The van der Waals surface area contributed by atoms with Crippen LogP contribution >= 0.6 is 11.8 Å². The SMILES string of the molecule is COc1cc(CN[C@@H](Cc2ccc(O)cc2)C(N)=O)ccc1OCc1ccc(SC(F)(F)F)cc1. The van der Waals surface area contributed by atoms with Crippen LogP contribution in [-0.4, -0.2) is 29.7 Å². The molecular formula is C25H25F3N2O4S. The summed E-state index contributed by atoms with van der Waals surface area (Å²) in [4.78, 5) is 12.0. The van der Waals surface area contributed by atoms with E-state index < -0.39 is 17.5 Å². The van der Waals surface area contributed by atoms with Gasteiger partial charge >= 0.3 is 5.51 Å². The van der Waals surface area contributed by atoms with E-state index in [0.29, 0.717) is 30.0 Å². The molecule has 0 heterocycles. The second-order valence-corrected chi connectivity index (χ2v) is 8.81. The maximum absolute atomic E-state index is 12.5. The van der Waals surface area contributed by atoms with Crippen LogP contribution in [-0.2, 0) is 24.4 Å². The second kappa shape index (κ2) is 11.9. The molecule has 0 spiro atoms. The van der Waals surface area contributed by atoms with E-state index in [4.69, 9.17) is 15.2 Å². The van der Waals surface area contributed by atoms with Crippen molar-refractivity contribution in [1.82, 2.24) is 5.32 Å². The molecule has 0 aliphatic carbocycles. The maximum atomic E-state index is 12.5. The van der Waals surface area contributed by atoms with Gasteiger partial charge in [0.15, 0.2) is 11.5 Å². The highest BCUT2D eigenvalue weighted by Gasteiger charge is 2.29. The summed E-state index contributed by atoms with van der Waals surface area (Å²) >= 11 is -0.165. The van der Waals surface area contributed by atoms with Crippen LogP contribution in [0.5, 0.6) is 17.2 Å². The molecular weight excluding hydrogens is 481 g/mol. The van der Waals surface area contributed by atoms with Crippen LogP contribution in [0.4, 0.5) is 13.2 Å². The highest BCUT2D eigenvalue weighted by Crippen LogP contribution is 2.37. The van der Waals surface area contributed by atoms with Gasteiger partial charge < -0.3 is 25.6 Å². The Bertz CT molecular complexity index is 1120. The number of thioether (sulfide) groups is 1. The summed E-state index contributed by atoms with van der Waals surface area (Å²) in [6.07, 6.45) is 0.369. The smallest absolute Gasteiger partial charge is 0.446 e. The van der Waals surface area contributed by atoms with E-state index in [1.54, 1.807) is 48.5 Å². The van der Waals surface area contributed by atoms with Crippen molar-refractivity contribution in [3.63, 3.8) is 0 Å². The van der Waals surface area contributed by atoms with E-state index in [-0.39, 0.29) is 29.0 Å². The number of halogens is 3. The molecule has 3 aromatic carbocycles. The highest BCUT2D eigenvalue weighted by molar-refractivity contribution is 8.00. The zero-order chi connectivity index (χ0) is 25.4. The van der Waals surface area contributed by atoms with E-state index in [1.165, 1.54) is 19.2 Å². The minimum Gasteiger partial charge on any atom is -0.508 e. The van der Waals surface area contributed by atoms with Crippen LogP contribution in [0.2, 0.25) is 0 Å². The second-order valence-electron chi connectivity index (χ2n) is 7.67. The molecule has 0 aromatic heterocycles. The molecule has 35 heavy (non-hydrogen) atoms. The number of amides is 1. The summed E-state index contributed by atoms with van der Waals surface area (Å²) in [5.41, 5.74) is 3.61. The Morgan fingerprint density at radius 3 is 2.23 bits per heavy atom. The lowest BCUT2D eigenvalue weighted by molar-refractivity contribution is -0.120. The van der Waals surface area contributed by atoms with Gasteiger partial charge in [0.25, 0.3) is 0 Å². The van der Waals surface area contributed by atoms with Crippen molar-refractivity contribution in [2.45, 2.75) is 36.0 Å². The highest BCUT2D eigenvalue weighted by atomic mass is 32.2. The third-order valence-corrected chi connectivity index (χ3v) is 5.79. The molecule has 0 saturated heterocycles. The number of hydrogen-bond donors (Lipinski definition) is 3. The minimum absolute atomic E-state index is 0.107. The monoisotopic (exact) mass is 506 g/mol. The minimum atomic E-state index is -4.33. The normalized spacial score (nSPS) is 12.2. The summed E-state index contributed by atoms with van der Waals surface area (Å²) in [5, 5.41) is 12.5. The number of ether oxygens (including phenoxy) is 2. The molecule has 186 valence electrons. The van der Waals surface area contributed by atoms with E-state index >= 15 is 0 Å². The summed E-state index contributed by atoms with van der Waals surface area (Å²) < 4.78 is 48.6. The van der Waals surface area contributed by atoms with Gasteiger partial charge in [-0.3, -0.25) is 4.79 Å². The van der Waals surface area contributed by atoms with Gasteiger partial charge in [0.1, 0.15) is 12.4 Å². The van der Waals surface area contributed by atoms with Crippen molar-refractivity contribution in [2.75, 3.05) is 7.11 Å². The van der Waals surface area contributed by atoms with Gasteiger partial charge in [-0.15, -0.1) is 0 Å². The lowest BCUT2D eigenvalue weighted by Gasteiger charge is -2.17. The number of aromatic hydroxyl groups is 1. The molecule has 0 saturated carbocycles. The molecule has 0 unspecified atom stereocenters. The Balaban J connectivity index is 1.59. The first kappa shape index (κ1) is 26.2. The van der Waals surface area contributed by atoms with Crippen molar-refractivity contribution in [3.8, 4) is 17.2 Å². The molecule has 6 nitrogen and oxygen atoms in total. The molecule has 3 aromatic rings. The molecule has 0 radical (unpaired) electrons. The van der Waals surface area contributed by atoms with Crippen LogP contribution in [0.15, 0.2) is 71.6 Å². The van der Waals surface area contributed by atoms with Gasteiger partial charge in [0.2, 0.25) is 5.91 Å². The Morgan fingerprint density at radius 2 is 1.63 bits per heavy atom. The van der Waals surface area contributed by atoms with E-state index in [0.717, 1.165) is 11.1 Å². The number of methoxy groups -OCH3 is 1. The van der Waals surface area contributed by atoms with Gasteiger partial charge in [0.05, 0.1) is 13.2 Å². The van der Waals surface area contributed by atoms with Gasteiger partial charge in [0, 0.05) is 11.4 Å². The fraction of sp³-hybridized carbons (Fsp3) is 0.240. The Labute approximate surface area is 205 Å². The standard InChI is InChI=1S/C25H25F3N2O4S/c1-33-23-13-18(14-30-21(24(29)32)12-16-2-7-19(31)8-3-16)6-11-22(23)34-15-17-4-9-20(10-5-17)35-25(26,27)28/h2-11,13,21,30-31H,12,14-15H2,1H3,(H2,29,32)/t21-/m0/s1. The Kier molecular flexibility index (Phi) is 8.89. The number of phenols is 1. The van der Waals surface area contributed by atoms with Crippen molar-refractivity contribution >= 4 is 17.7 Å². The molecule has 3 rings (SSSR count). The zero-order valence-electron chi connectivity index (χ0n) is 18.8. The van der Waals surface area contributed by atoms with Crippen molar-refractivity contribution in [1.29, 1.82) is 0 Å². The number of nitrogens with one attached hydrogen (secondary N) is 1. The van der Waals surface area contributed by atoms with Gasteiger partial charge in [-0.25, -0.2) is 0 Å². The Morgan fingerprint density at radius 1 is 1.00 bits per heavy atom. The molecule has 0 aliphatic heterocycles. The Hall–Kier alpha value is -3.37. The predicted octanol–water partition coefficient (Wildman–Crippen LogP) is 4.78. The number of hydrogen-bond acceptors (Lipinski definition) is 6. The van der Waals surface area contributed by atoms with Crippen LogP contribution in [0, 0.1) is 0 Å². The first-order valence-electron chi connectivity index (χ1n) is 10.6. The number of carbonyl (C=O) groups excluding carboxylic acids is 1. The fourth-order valence-corrected chi connectivity index (χ4v) is 3.81. The summed E-state index contributed by atoms with van der Waals surface area (Å²) in [6, 6.07) is 17.2. The third-order valence-electron chi connectivity index (χ3n) is 5.05. The number of benzene rings is 3. The molecule has 1 atom stereocenters. The predicted molar refractivity (Wildman–Crippen MR) is 127 cm³/mol. The fourth-order valence-electron chi connectivity index (χ4n) is 3.27. The molecule has 0 aliphatic rings. The molecule has 4 N–H and O–H groups in total. The number of carbonyl (C=O) groups is 1. The topological polar surface area (TPSA) is 93.8 Å². The van der Waals surface area contributed by atoms with Gasteiger partial charge in [-0.05, 0) is 71.3 Å². The molecule has 0 fully saturated rings. The molecule has 0 bridgehead atoms. The van der Waals surface area contributed by atoms with Crippen LogP contribution in [0.1, 0.15) is 16.7 Å². The third kappa shape index (κ3) is 8.41. The van der Waals surface area contributed by atoms with Crippen molar-refractivity contribution < 1.29 is 32.5 Å². The van der Waals surface area contributed by atoms with Crippen molar-refractivity contribution in [3.05, 3.63) is 83.4 Å².